The zero-order chi connectivity index (χ0) is 36.5. The van der Waals surface area contributed by atoms with E-state index in [1.807, 2.05) is 53.7 Å². The van der Waals surface area contributed by atoms with Gasteiger partial charge in [-0.15, -0.1) is 0 Å². The number of hydrogen-bond donors (Lipinski definition) is 0. The Balaban J connectivity index is 0.951. The summed E-state index contributed by atoms with van der Waals surface area (Å²) in [5, 5.41) is 7.45. The van der Waals surface area contributed by atoms with Gasteiger partial charge in [0.25, 0.3) is 0 Å². The molecule has 4 unspecified atom stereocenters. The number of para-hydroxylation sites is 1. The molecule has 2 aliphatic heterocycles. The molecule has 0 bridgehead atoms. The third-order valence-corrected chi connectivity index (χ3v) is 11.7. The van der Waals surface area contributed by atoms with Crippen molar-refractivity contribution in [3.8, 4) is 0 Å². The highest BCUT2D eigenvalue weighted by Crippen LogP contribution is 2.51. The van der Waals surface area contributed by atoms with Crippen molar-refractivity contribution in [3.05, 3.63) is 149 Å². The molecule has 7 nitrogen and oxygen atoms in total. The monoisotopic (exact) mass is 739 g/mol. The lowest BCUT2D eigenvalue weighted by molar-refractivity contribution is 0.0634. The minimum atomic E-state index is -0.0189. The van der Waals surface area contributed by atoms with Crippen molar-refractivity contribution >= 4 is 46.3 Å². The summed E-state index contributed by atoms with van der Waals surface area (Å²) in [5.41, 5.74) is 9.15. The maximum absolute atomic E-state index is 7.06. The molecule has 54 heavy (non-hydrogen) atoms. The van der Waals surface area contributed by atoms with Crippen molar-refractivity contribution in [1.29, 1.82) is 0 Å². The van der Waals surface area contributed by atoms with Gasteiger partial charge in [-0.2, -0.15) is 5.10 Å². The van der Waals surface area contributed by atoms with Gasteiger partial charge in [0.05, 0.1) is 61.2 Å². The molecule has 276 valence electrons. The molecule has 8 heteroatoms. The van der Waals surface area contributed by atoms with Gasteiger partial charge >= 0.3 is 0 Å². The van der Waals surface area contributed by atoms with Crippen LogP contribution in [0.25, 0.3) is 0 Å². The second kappa shape index (κ2) is 15.0. The highest BCUT2D eigenvalue weighted by Gasteiger charge is 2.60. The van der Waals surface area contributed by atoms with Gasteiger partial charge in [-0.3, -0.25) is 0 Å². The summed E-state index contributed by atoms with van der Waals surface area (Å²) in [6.07, 6.45) is 9.64. The van der Waals surface area contributed by atoms with Gasteiger partial charge in [0.15, 0.2) is 0 Å². The predicted molar refractivity (Wildman–Crippen MR) is 216 cm³/mol. The molecule has 0 N–H and O–H groups in total. The number of nitrogens with zero attached hydrogens (tertiary/aromatic N) is 3. The average Bonchev–Trinajstić information content (AvgIpc) is 3.97. The molecule has 2 aliphatic carbocycles. The summed E-state index contributed by atoms with van der Waals surface area (Å²) in [6, 6.07) is 41.8. The van der Waals surface area contributed by atoms with Crippen LogP contribution in [0.1, 0.15) is 60.8 Å². The molecule has 0 amide bonds. The topological polar surface area (TPSA) is 62.4 Å². The fourth-order valence-electron chi connectivity index (χ4n) is 8.18. The molecule has 5 aromatic carbocycles. The highest BCUT2D eigenvalue weighted by atomic mass is 35.5. The maximum Gasteiger partial charge on any atom is 0.118 e. The smallest absolute Gasteiger partial charge is 0.118 e. The van der Waals surface area contributed by atoms with Crippen molar-refractivity contribution < 1.29 is 18.9 Å². The van der Waals surface area contributed by atoms with Gasteiger partial charge in [0.1, 0.15) is 11.2 Å². The molecule has 2 saturated heterocycles. The first-order valence-electron chi connectivity index (χ1n) is 19.2. The van der Waals surface area contributed by atoms with E-state index in [1.165, 1.54) is 18.4 Å². The summed E-state index contributed by atoms with van der Waals surface area (Å²) in [5.74, 6) is 0. The number of halogens is 1. The fraction of sp³-hybridized carbons (Fsp3) is 0.326. The zero-order valence-electron chi connectivity index (χ0n) is 30.7. The predicted octanol–water partition coefficient (Wildman–Crippen LogP) is 11.0. The van der Waals surface area contributed by atoms with E-state index in [4.69, 9.17) is 35.6 Å². The van der Waals surface area contributed by atoms with Gasteiger partial charge in [0, 0.05) is 22.6 Å². The zero-order valence-corrected chi connectivity index (χ0v) is 31.5. The Kier molecular flexibility index (Phi) is 9.76. The van der Waals surface area contributed by atoms with Crippen molar-refractivity contribution in [2.24, 2.45) is 5.10 Å². The number of ether oxygens (including phenoxy) is 4. The van der Waals surface area contributed by atoms with Crippen LogP contribution >= 0.6 is 11.6 Å². The summed E-state index contributed by atoms with van der Waals surface area (Å²) in [4.78, 5) is 2.23. The average molecular weight is 740 g/mol. The number of hydrazone groups is 1. The SMILES string of the molecule is Cc1ccc(N(N=Cc2ccc(N(c3ccc(COCC45CCCC4O5)cc3)c3ccc(COCC45CCCC4O5)cc3)cc2Cl)c2ccccc2)cc1. The first-order valence-corrected chi connectivity index (χ1v) is 19.6. The number of rotatable bonds is 15. The summed E-state index contributed by atoms with van der Waals surface area (Å²) < 4.78 is 24.1. The van der Waals surface area contributed by atoms with E-state index in [1.54, 1.807) is 0 Å². The van der Waals surface area contributed by atoms with Crippen LogP contribution in [0.3, 0.4) is 0 Å². The Labute approximate surface area is 323 Å². The second-order valence-corrected chi connectivity index (χ2v) is 15.6. The number of epoxide rings is 2. The standard InChI is InChI=1S/C46H46ClN3O4/c1-33-11-18-40(19-12-33)50(39-7-3-2-4-8-39)48-28-36-17-24-41(27-42(36)47)49(37-20-13-34(14-21-37)29-51-31-45-25-5-9-43(45)53-45)38-22-15-35(16-23-38)30-52-32-46-26-6-10-44(46)54-46/h2-4,7-8,11-24,27-28,43-44H,5-6,9-10,25-26,29-32H2,1H3. The number of aryl methyl sites for hydroxylation is 1. The molecule has 5 aromatic rings. The van der Waals surface area contributed by atoms with E-state index < -0.39 is 0 Å². The third kappa shape index (κ3) is 7.44. The highest BCUT2D eigenvalue weighted by molar-refractivity contribution is 6.33. The molecule has 9 rings (SSSR count). The largest absolute Gasteiger partial charge is 0.374 e. The van der Waals surface area contributed by atoms with Gasteiger partial charge < -0.3 is 23.8 Å². The van der Waals surface area contributed by atoms with Crippen molar-refractivity contribution in [3.63, 3.8) is 0 Å². The van der Waals surface area contributed by atoms with Crippen LogP contribution in [0.5, 0.6) is 0 Å². The lowest BCUT2D eigenvalue weighted by Gasteiger charge is -2.26. The van der Waals surface area contributed by atoms with Crippen LogP contribution in [0.2, 0.25) is 5.02 Å². The van der Waals surface area contributed by atoms with Crippen molar-refractivity contribution in [2.75, 3.05) is 23.1 Å². The quantitative estimate of drug-likeness (QED) is 0.0605. The molecule has 0 radical (unpaired) electrons. The molecule has 2 heterocycles. The van der Waals surface area contributed by atoms with E-state index >= 15 is 0 Å². The summed E-state index contributed by atoms with van der Waals surface area (Å²) >= 11 is 7.06. The molecule has 4 atom stereocenters. The Morgan fingerprint density at radius 3 is 1.69 bits per heavy atom. The van der Waals surface area contributed by atoms with Gasteiger partial charge in [0.2, 0.25) is 0 Å². The lowest BCUT2D eigenvalue weighted by atomic mass is 10.1. The van der Waals surface area contributed by atoms with Crippen molar-refractivity contribution in [1.82, 2.24) is 0 Å². The summed E-state index contributed by atoms with van der Waals surface area (Å²) in [7, 11) is 0. The fourth-order valence-corrected chi connectivity index (χ4v) is 8.41. The van der Waals surface area contributed by atoms with Crippen LogP contribution in [0.4, 0.5) is 28.4 Å². The maximum atomic E-state index is 7.06. The van der Waals surface area contributed by atoms with Crippen LogP contribution in [-0.2, 0) is 32.2 Å². The molecule has 0 spiro atoms. The van der Waals surface area contributed by atoms with Crippen LogP contribution in [0, 0.1) is 6.92 Å². The van der Waals surface area contributed by atoms with E-state index in [2.05, 4.69) is 90.7 Å². The Morgan fingerprint density at radius 1 is 0.667 bits per heavy atom. The second-order valence-electron chi connectivity index (χ2n) is 15.2. The van der Waals surface area contributed by atoms with E-state index in [0.29, 0.717) is 43.7 Å². The molecule has 0 aromatic heterocycles. The van der Waals surface area contributed by atoms with Gasteiger partial charge in [-0.1, -0.05) is 71.8 Å². The third-order valence-electron chi connectivity index (χ3n) is 11.4. The molecule has 2 saturated carbocycles. The van der Waals surface area contributed by atoms with Crippen LogP contribution in [0.15, 0.2) is 126 Å². The number of anilines is 5. The van der Waals surface area contributed by atoms with Crippen LogP contribution in [-0.4, -0.2) is 42.8 Å². The van der Waals surface area contributed by atoms with Gasteiger partial charge in [-0.05, 0) is 123 Å². The minimum absolute atomic E-state index is 0.0189. The molecular formula is C46H46ClN3O4. The minimum Gasteiger partial charge on any atom is -0.374 e. The lowest BCUT2D eigenvalue weighted by Crippen LogP contribution is -2.18. The first-order chi connectivity index (χ1) is 26.5. The van der Waals surface area contributed by atoms with Gasteiger partial charge in [-0.25, -0.2) is 5.01 Å². The van der Waals surface area contributed by atoms with E-state index in [9.17, 15) is 0 Å². The van der Waals surface area contributed by atoms with E-state index in [0.717, 1.165) is 70.8 Å². The normalized spacial score (nSPS) is 23.7. The summed E-state index contributed by atoms with van der Waals surface area (Å²) in [6.45, 7) is 4.53. The molecule has 4 aliphatic rings. The first kappa shape index (κ1) is 35.2. The Hall–Kier alpha value is -4.50. The number of hydrogen-bond acceptors (Lipinski definition) is 7. The molecule has 4 fully saturated rings. The number of fused-ring (bicyclic) bond motifs is 2. The Morgan fingerprint density at radius 2 is 1.19 bits per heavy atom. The number of benzene rings is 5. The van der Waals surface area contributed by atoms with Crippen LogP contribution < -0.4 is 9.91 Å². The molecular weight excluding hydrogens is 694 g/mol. The van der Waals surface area contributed by atoms with E-state index in [-0.39, 0.29) is 11.2 Å². The Bertz CT molecular complexity index is 2010. The van der Waals surface area contributed by atoms with Crippen molar-refractivity contribution in [2.45, 2.75) is 82.1 Å².